The van der Waals surface area contributed by atoms with Crippen LogP contribution in [0.1, 0.15) is 41.0 Å². The zero-order valence-electron chi connectivity index (χ0n) is 18.3. The van der Waals surface area contributed by atoms with Crippen LogP contribution in [-0.2, 0) is 14.3 Å². The quantitative estimate of drug-likeness (QED) is 0.427. The van der Waals surface area contributed by atoms with E-state index in [2.05, 4.69) is 0 Å². The van der Waals surface area contributed by atoms with Crippen LogP contribution in [0.4, 0.5) is 5.69 Å². The van der Waals surface area contributed by atoms with Gasteiger partial charge in [0.2, 0.25) is 0 Å². The third kappa shape index (κ3) is 4.85. The van der Waals surface area contributed by atoms with Crippen LogP contribution in [0.2, 0.25) is 0 Å². The number of amides is 3. The number of benzene rings is 2. The van der Waals surface area contributed by atoms with Crippen molar-refractivity contribution in [1.82, 2.24) is 4.90 Å². The number of thioether (sulfide) groups is 1. The summed E-state index contributed by atoms with van der Waals surface area (Å²) in [5.41, 5.74) is 1.24. The molecule has 3 rings (SSSR count). The first kappa shape index (κ1) is 23.5. The van der Waals surface area contributed by atoms with Crippen molar-refractivity contribution in [2.45, 2.75) is 32.4 Å². The highest BCUT2D eigenvalue weighted by atomic mass is 32.2. The van der Waals surface area contributed by atoms with E-state index >= 15 is 0 Å². The Morgan fingerprint density at radius 1 is 0.969 bits per heavy atom. The number of nitrogens with zero attached hydrogens (tertiary/aromatic N) is 2. The zero-order valence-corrected chi connectivity index (χ0v) is 19.1. The van der Waals surface area contributed by atoms with E-state index in [4.69, 9.17) is 4.74 Å². The first-order valence-corrected chi connectivity index (χ1v) is 11.8. The van der Waals surface area contributed by atoms with Crippen LogP contribution in [0.5, 0.6) is 0 Å². The predicted molar refractivity (Wildman–Crippen MR) is 124 cm³/mol. The highest BCUT2D eigenvalue weighted by Crippen LogP contribution is 2.27. The van der Waals surface area contributed by atoms with Gasteiger partial charge in [-0.05, 0) is 56.5 Å². The number of anilines is 1. The second-order valence-corrected chi connectivity index (χ2v) is 8.61. The van der Waals surface area contributed by atoms with Crippen LogP contribution in [0.3, 0.4) is 0 Å². The minimum absolute atomic E-state index is 0.146. The third-order valence-corrected chi connectivity index (χ3v) is 5.81. The van der Waals surface area contributed by atoms with E-state index in [1.165, 1.54) is 11.8 Å². The predicted octanol–water partition coefficient (Wildman–Crippen LogP) is 3.39. The van der Waals surface area contributed by atoms with Crippen LogP contribution < -0.4 is 4.90 Å². The molecule has 0 saturated heterocycles. The standard InChI is InChI=1S/C24H26N2O5S/c1-16(2)25(17-9-5-4-6-10-17)21(27)15-31-24(30)20(13-14-32-3)26-22(28)18-11-7-8-12-19(18)23(26)29/h4-12,16,20H,13-15H2,1-3H3. The van der Waals surface area contributed by atoms with Gasteiger partial charge in [0, 0.05) is 11.7 Å². The van der Waals surface area contributed by atoms with Gasteiger partial charge in [0.15, 0.2) is 6.61 Å². The molecule has 0 bridgehead atoms. The van der Waals surface area contributed by atoms with Gasteiger partial charge in [-0.1, -0.05) is 30.3 Å². The number of carbonyl (C=O) groups excluding carboxylic acids is 4. The van der Waals surface area contributed by atoms with E-state index in [1.807, 2.05) is 38.3 Å². The Hall–Kier alpha value is -3.13. The van der Waals surface area contributed by atoms with Crippen molar-refractivity contribution in [1.29, 1.82) is 0 Å². The SMILES string of the molecule is CSCCC(C(=O)OCC(=O)N(c1ccccc1)C(C)C)N1C(=O)c2ccccc2C1=O. The smallest absolute Gasteiger partial charge is 0.329 e. The number of ether oxygens (including phenoxy) is 1. The van der Waals surface area contributed by atoms with E-state index in [-0.39, 0.29) is 29.5 Å². The highest BCUT2D eigenvalue weighted by molar-refractivity contribution is 7.98. The molecule has 2 aromatic rings. The molecule has 0 N–H and O–H groups in total. The maximum atomic E-state index is 13.0. The second-order valence-electron chi connectivity index (χ2n) is 7.62. The molecule has 0 aromatic heterocycles. The molecule has 1 heterocycles. The normalized spacial score (nSPS) is 13.8. The van der Waals surface area contributed by atoms with Gasteiger partial charge < -0.3 is 9.64 Å². The summed E-state index contributed by atoms with van der Waals surface area (Å²) in [7, 11) is 0. The van der Waals surface area contributed by atoms with Crippen LogP contribution in [0.15, 0.2) is 54.6 Å². The van der Waals surface area contributed by atoms with E-state index in [9.17, 15) is 19.2 Å². The summed E-state index contributed by atoms with van der Waals surface area (Å²) in [4.78, 5) is 54.0. The lowest BCUT2D eigenvalue weighted by molar-refractivity contribution is -0.151. The number of imide groups is 1. The summed E-state index contributed by atoms with van der Waals surface area (Å²) in [5.74, 6) is -1.64. The number of carbonyl (C=O) groups is 4. The molecule has 0 spiro atoms. The van der Waals surface area contributed by atoms with E-state index < -0.39 is 30.4 Å². The third-order valence-electron chi connectivity index (χ3n) is 5.16. The fourth-order valence-corrected chi connectivity index (χ4v) is 4.15. The van der Waals surface area contributed by atoms with Gasteiger partial charge in [0.25, 0.3) is 17.7 Å². The average Bonchev–Trinajstić information content (AvgIpc) is 3.04. The first-order chi connectivity index (χ1) is 15.4. The second kappa shape index (κ2) is 10.5. The molecule has 32 heavy (non-hydrogen) atoms. The summed E-state index contributed by atoms with van der Waals surface area (Å²) >= 11 is 1.49. The van der Waals surface area contributed by atoms with Gasteiger partial charge in [0.1, 0.15) is 6.04 Å². The van der Waals surface area contributed by atoms with Crippen molar-refractivity contribution in [2.75, 3.05) is 23.5 Å². The Morgan fingerprint density at radius 3 is 2.06 bits per heavy atom. The number of fused-ring (bicyclic) bond motifs is 1. The largest absolute Gasteiger partial charge is 0.454 e. The highest BCUT2D eigenvalue weighted by Gasteiger charge is 2.43. The molecule has 1 unspecified atom stereocenters. The van der Waals surface area contributed by atoms with Crippen LogP contribution >= 0.6 is 11.8 Å². The molecule has 7 nitrogen and oxygen atoms in total. The molecule has 0 aliphatic carbocycles. The summed E-state index contributed by atoms with van der Waals surface area (Å²) in [5, 5.41) is 0. The molecule has 0 saturated carbocycles. The molecule has 0 fully saturated rings. The molecule has 1 aliphatic rings. The number of esters is 1. The van der Waals surface area contributed by atoms with Gasteiger partial charge in [0.05, 0.1) is 11.1 Å². The average molecular weight is 455 g/mol. The van der Waals surface area contributed by atoms with Gasteiger partial charge in [-0.2, -0.15) is 11.8 Å². The maximum absolute atomic E-state index is 13.0. The number of rotatable bonds is 9. The van der Waals surface area contributed by atoms with E-state index in [0.29, 0.717) is 11.4 Å². The van der Waals surface area contributed by atoms with Gasteiger partial charge in [-0.3, -0.25) is 19.3 Å². The lowest BCUT2D eigenvalue weighted by atomic mass is 10.1. The molecule has 1 atom stereocenters. The Morgan fingerprint density at radius 2 is 1.53 bits per heavy atom. The van der Waals surface area contributed by atoms with Crippen LogP contribution in [-0.4, -0.2) is 59.3 Å². The number of hydrogen-bond donors (Lipinski definition) is 0. The van der Waals surface area contributed by atoms with Gasteiger partial charge in [-0.15, -0.1) is 0 Å². The minimum atomic E-state index is -1.09. The molecular weight excluding hydrogens is 428 g/mol. The summed E-state index contributed by atoms with van der Waals surface area (Å²) in [6.07, 6.45) is 2.11. The minimum Gasteiger partial charge on any atom is -0.454 e. The van der Waals surface area contributed by atoms with Gasteiger partial charge in [-0.25, -0.2) is 4.79 Å². The molecule has 0 radical (unpaired) electrons. The summed E-state index contributed by atoms with van der Waals surface area (Å²) in [6.45, 7) is 3.25. The summed E-state index contributed by atoms with van der Waals surface area (Å²) in [6, 6.07) is 14.4. The van der Waals surface area contributed by atoms with E-state index in [1.54, 1.807) is 41.3 Å². The molecule has 1 aliphatic heterocycles. The molecular formula is C24H26N2O5S. The molecule has 8 heteroatoms. The lowest BCUT2D eigenvalue weighted by Gasteiger charge is -2.28. The Bertz CT molecular complexity index is 973. The fraction of sp³-hybridized carbons (Fsp3) is 0.333. The maximum Gasteiger partial charge on any atom is 0.329 e. The monoisotopic (exact) mass is 454 g/mol. The van der Waals surface area contributed by atoms with Crippen molar-refractivity contribution < 1.29 is 23.9 Å². The van der Waals surface area contributed by atoms with Crippen molar-refractivity contribution >= 4 is 41.1 Å². The lowest BCUT2D eigenvalue weighted by Crippen LogP contribution is -2.47. The van der Waals surface area contributed by atoms with Crippen molar-refractivity contribution in [2.24, 2.45) is 0 Å². The topological polar surface area (TPSA) is 84.0 Å². The Kier molecular flexibility index (Phi) is 7.69. The summed E-state index contributed by atoms with van der Waals surface area (Å²) < 4.78 is 5.34. The van der Waals surface area contributed by atoms with Gasteiger partial charge >= 0.3 is 5.97 Å². The molecule has 168 valence electrons. The van der Waals surface area contributed by atoms with Crippen molar-refractivity contribution in [3.8, 4) is 0 Å². The Labute approximate surface area is 191 Å². The van der Waals surface area contributed by atoms with Crippen LogP contribution in [0.25, 0.3) is 0 Å². The zero-order chi connectivity index (χ0) is 23.3. The van der Waals surface area contributed by atoms with Crippen LogP contribution in [0, 0.1) is 0 Å². The fourth-order valence-electron chi connectivity index (χ4n) is 3.69. The van der Waals surface area contributed by atoms with Crippen molar-refractivity contribution in [3.05, 3.63) is 65.7 Å². The number of para-hydroxylation sites is 1. The Balaban J connectivity index is 1.75. The molecule has 3 amide bonds. The first-order valence-electron chi connectivity index (χ1n) is 10.4. The molecule has 2 aromatic carbocycles. The number of hydrogen-bond acceptors (Lipinski definition) is 6. The van der Waals surface area contributed by atoms with Crippen molar-refractivity contribution in [3.63, 3.8) is 0 Å². The van der Waals surface area contributed by atoms with E-state index in [0.717, 1.165) is 4.90 Å².